The molecule has 0 radical (unpaired) electrons. The standard InChI is InChI=1S/C22H21F3N4O3S/c1-21(2)19(31)29(15-5-7-16(8-6-15)33-22(23,24)25)20(32)28(21)13-14-9-10-26-17(12-14)27-11-3-4-18(27)30/h5-10,12H,3-4,11,13H2,1-2H3. The molecule has 4 amide bonds. The van der Waals surface area contributed by atoms with Crippen LogP contribution in [0.4, 0.5) is 29.5 Å². The number of amides is 4. The average molecular weight is 478 g/mol. The van der Waals surface area contributed by atoms with Gasteiger partial charge < -0.3 is 4.90 Å². The van der Waals surface area contributed by atoms with E-state index in [2.05, 4.69) is 4.98 Å². The third-order valence-electron chi connectivity index (χ3n) is 5.65. The van der Waals surface area contributed by atoms with Crippen LogP contribution in [0, 0.1) is 0 Å². The molecule has 2 saturated heterocycles. The maximum Gasteiger partial charge on any atom is 0.446 e. The second-order valence-electron chi connectivity index (χ2n) is 8.28. The fourth-order valence-corrected chi connectivity index (χ4v) is 4.44. The Balaban J connectivity index is 1.56. The minimum atomic E-state index is -4.43. The van der Waals surface area contributed by atoms with E-state index in [1.807, 2.05) is 0 Å². The van der Waals surface area contributed by atoms with Crippen molar-refractivity contribution in [1.29, 1.82) is 0 Å². The summed E-state index contributed by atoms with van der Waals surface area (Å²) in [4.78, 5) is 46.5. The number of benzene rings is 1. The number of alkyl halides is 3. The van der Waals surface area contributed by atoms with Crippen LogP contribution in [0.1, 0.15) is 32.3 Å². The Bertz CT molecular complexity index is 1100. The van der Waals surface area contributed by atoms with Crippen LogP contribution < -0.4 is 9.80 Å². The van der Waals surface area contributed by atoms with E-state index in [0.717, 1.165) is 11.3 Å². The van der Waals surface area contributed by atoms with Crippen LogP contribution in [-0.4, -0.2) is 45.3 Å². The molecule has 0 spiro atoms. The Hall–Kier alpha value is -3.08. The van der Waals surface area contributed by atoms with Gasteiger partial charge in [0, 0.05) is 30.6 Å². The number of aromatic nitrogens is 1. The first-order valence-electron chi connectivity index (χ1n) is 10.2. The molecule has 1 aromatic carbocycles. The zero-order valence-corrected chi connectivity index (χ0v) is 18.7. The Kier molecular flexibility index (Phi) is 5.85. The molecule has 33 heavy (non-hydrogen) atoms. The number of rotatable bonds is 5. The van der Waals surface area contributed by atoms with Gasteiger partial charge in [-0.1, -0.05) is 0 Å². The largest absolute Gasteiger partial charge is 0.446 e. The topological polar surface area (TPSA) is 73.8 Å². The van der Waals surface area contributed by atoms with Gasteiger partial charge in [-0.25, -0.2) is 14.7 Å². The van der Waals surface area contributed by atoms with Crippen molar-refractivity contribution in [2.75, 3.05) is 16.3 Å². The predicted molar refractivity (Wildman–Crippen MR) is 117 cm³/mol. The van der Waals surface area contributed by atoms with Gasteiger partial charge in [-0.3, -0.25) is 14.5 Å². The zero-order valence-electron chi connectivity index (χ0n) is 17.9. The number of thioether (sulfide) groups is 1. The molecule has 0 saturated carbocycles. The van der Waals surface area contributed by atoms with Crippen molar-refractivity contribution < 1.29 is 27.6 Å². The summed E-state index contributed by atoms with van der Waals surface area (Å²) < 4.78 is 37.8. The monoisotopic (exact) mass is 478 g/mol. The molecule has 0 aliphatic carbocycles. The molecule has 3 heterocycles. The SMILES string of the molecule is CC1(C)C(=O)N(c2ccc(SC(F)(F)F)cc2)C(=O)N1Cc1ccnc(N2CCCC2=O)c1. The first-order chi connectivity index (χ1) is 15.5. The van der Waals surface area contributed by atoms with E-state index in [1.54, 1.807) is 37.1 Å². The summed E-state index contributed by atoms with van der Waals surface area (Å²) >= 11 is -0.265. The van der Waals surface area contributed by atoms with E-state index < -0.39 is 23.0 Å². The first kappa shape index (κ1) is 23.1. The number of anilines is 2. The quantitative estimate of drug-likeness (QED) is 0.465. The summed E-state index contributed by atoms with van der Waals surface area (Å²) in [6.45, 7) is 3.92. The highest BCUT2D eigenvalue weighted by Crippen LogP contribution is 2.39. The van der Waals surface area contributed by atoms with Crippen LogP contribution >= 0.6 is 11.8 Å². The summed E-state index contributed by atoms with van der Waals surface area (Å²) in [7, 11) is 0. The summed E-state index contributed by atoms with van der Waals surface area (Å²) in [5, 5.41) is 0. The van der Waals surface area contributed by atoms with Gasteiger partial charge in [0.15, 0.2) is 0 Å². The molecule has 1 aromatic heterocycles. The smallest absolute Gasteiger partial charge is 0.305 e. The number of pyridine rings is 1. The summed E-state index contributed by atoms with van der Waals surface area (Å²) in [5.74, 6) is 0.0128. The Morgan fingerprint density at radius 1 is 1.09 bits per heavy atom. The van der Waals surface area contributed by atoms with Gasteiger partial charge in [0.25, 0.3) is 5.91 Å². The summed E-state index contributed by atoms with van der Waals surface area (Å²) in [6.07, 6.45) is 2.78. The highest BCUT2D eigenvalue weighted by Gasteiger charge is 2.51. The maximum atomic E-state index is 13.2. The third-order valence-corrected chi connectivity index (χ3v) is 6.39. The summed E-state index contributed by atoms with van der Waals surface area (Å²) in [5.41, 5.74) is -4.70. The normalized spacial score (nSPS) is 18.6. The third kappa shape index (κ3) is 4.54. The lowest BCUT2D eigenvalue weighted by Crippen LogP contribution is -2.43. The first-order valence-corrected chi connectivity index (χ1v) is 11.1. The van der Waals surface area contributed by atoms with Crippen LogP contribution in [-0.2, 0) is 16.1 Å². The van der Waals surface area contributed by atoms with Crippen LogP contribution in [0.5, 0.6) is 0 Å². The van der Waals surface area contributed by atoms with E-state index in [-0.39, 0.29) is 34.8 Å². The second-order valence-corrected chi connectivity index (χ2v) is 9.42. The fourth-order valence-electron chi connectivity index (χ4n) is 3.91. The molecule has 0 N–H and O–H groups in total. The zero-order chi connectivity index (χ0) is 24.0. The molecule has 2 aliphatic heterocycles. The lowest BCUT2D eigenvalue weighted by molar-refractivity contribution is -0.123. The molecule has 0 unspecified atom stereocenters. The molecule has 174 valence electrons. The number of hydrogen-bond donors (Lipinski definition) is 0. The van der Waals surface area contributed by atoms with E-state index in [1.165, 1.54) is 29.2 Å². The van der Waals surface area contributed by atoms with Crippen LogP contribution in [0.2, 0.25) is 0 Å². The van der Waals surface area contributed by atoms with Crippen molar-refractivity contribution in [3.8, 4) is 0 Å². The number of nitrogens with zero attached hydrogens (tertiary/aromatic N) is 4. The van der Waals surface area contributed by atoms with Gasteiger partial charge in [-0.2, -0.15) is 13.2 Å². The van der Waals surface area contributed by atoms with Gasteiger partial charge in [0.2, 0.25) is 5.91 Å². The van der Waals surface area contributed by atoms with Gasteiger partial charge in [0.05, 0.1) is 5.69 Å². The molecule has 7 nitrogen and oxygen atoms in total. The number of carbonyl (C=O) groups is 3. The Morgan fingerprint density at radius 3 is 2.39 bits per heavy atom. The molecular formula is C22H21F3N4O3S. The number of carbonyl (C=O) groups excluding carboxylic acids is 3. The van der Waals surface area contributed by atoms with Crippen LogP contribution in [0.3, 0.4) is 0 Å². The van der Waals surface area contributed by atoms with E-state index in [0.29, 0.717) is 24.3 Å². The Labute approximate surface area is 192 Å². The molecule has 11 heteroatoms. The number of imide groups is 1. The molecule has 0 atom stereocenters. The highest BCUT2D eigenvalue weighted by molar-refractivity contribution is 8.00. The molecule has 2 aromatic rings. The van der Waals surface area contributed by atoms with Crippen molar-refractivity contribution in [2.24, 2.45) is 0 Å². The summed E-state index contributed by atoms with van der Waals surface area (Å²) in [6, 6.07) is 7.97. The second kappa shape index (κ2) is 8.36. The minimum absolute atomic E-state index is 0.00860. The fraction of sp³-hybridized carbons (Fsp3) is 0.364. The van der Waals surface area contributed by atoms with Gasteiger partial charge in [-0.15, -0.1) is 0 Å². The maximum absolute atomic E-state index is 13.2. The lowest BCUT2D eigenvalue weighted by Gasteiger charge is -2.28. The van der Waals surface area contributed by atoms with Crippen LogP contribution in [0.25, 0.3) is 0 Å². The highest BCUT2D eigenvalue weighted by atomic mass is 32.2. The van der Waals surface area contributed by atoms with E-state index >= 15 is 0 Å². The molecule has 4 rings (SSSR count). The van der Waals surface area contributed by atoms with E-state index in [4.69, 9.17) is 0 Å². The number of urea groups is 1. The minimum Gasteiger partial charge on any atom is -0.305 e. The average Bonchev–Trinajstić information content (AvgIpc) is 3.23. The van der Waals surface area contributed by atoms with Crippen molar-refractivity contribution >= 4 is 41.1 Å². The number of halogens is 3. The van der Waals surface area contributed by atoms with Crippen LogP contribution in [0.15, 0.2) is 47.5 Å². The van der Waals surface area contributed by atoms with Gasteiger partial charge >= 0.3 is 11.5 Å². The van der Waals surface area contributed by atoms with Crippen molar-refractivity contribution in [3.63, 3.8) is 0 Å². The van der Waals surface area contributed by atoms with E-state index in [9.17, 15) is 27.6 Å². The number of hydrogen-bond acceptors (Lipinski definition) is 5. The Morgan fingerprint density at radius 2 is 1.79 bits per heavy atom. The predicted octanol–water partition coefficient (Wildman–Crippen LogP) is 4.57. The molecule has 2 fully saturated rings. The van der Waals surface area contributed by atoms with Crippen molar-refractivity contribution in [3.05, 3.63) is 48.2 Å². The molecular weight excluding hydrogens is 457 g/mol. The van der Waals surface area contributed by atoms with Gasteiger partial charge in [-0.05, 0) is 74.0 Å². The van der Waals surface area contributed by atoms with Crippen molar-refractivity contribution in [2.45, 2.75) is 49.2 Å². The lowest BCUT2D eigenvalue weighted by atomic mass is 10.0. The van der Waals surface area contributed by atoms with Crippen molar-refractivity contribution in [1.82, 2.24) is 9.88 Å². The molecule has 2 aliphatic rings. The van der Waals surface area contributed by atoms with Gasteiger partial charge in [0.1, 0.15) is 11.4 Å². The molecule has 0 bridgehead atoms.